The van der Waals surface area contributed by atoms with Crippen LogP contribution in [0, 0.1) is 0 Å². The minimum absolute atomic E-state index is 0.0280. The van der Waals surface area contributed by atoms with Crippen molar-refractivity contribution in [1.29, 1.82) is 0 Å². The van der Waals surface area contributed by atoms with Crippen molar-refractivity contribution >= 4 is 17.7 Å². The van der Waals surface area contributed by atoms with Gasteiger partial charge in [-0.2, -0.15) is 0 Å². The number of methoxy groups -OCH3 is 1. The van der Waals surface area contributed by atoms with Crippen molar-refractivity contribution in [2.75, 3.05) is 26.2 Å². The summed E-state index contributed by atoms with van der Waals surface area (Å²) in [6.07, 6.45) is 0.394. The highest BCUT2D eigenvalue weighted by atomic mass is 32.2. The molecule has 2 aromatic rings. The van der Waals surface area contributed by atoms with E-state index < -0.39 is 0 Å². The van der Waals surface area contributed by atoms with E-state index in [9.17, 15) is 4.79 Å². The lowest BCUT2D eigenvalue weighted by Gasteiger charge is -2.24. The molecule has 2 heterocycles. The van der Waals surface area contributed by atoms with Crippen LogP contribution in [0.15, 0.2) is 42.5 Å². The summed E-state index contributed by atoms with van der Waals surface area (Å²) in [5.74, 6) is 3.40. The molecule has 1 saturated heterocycles. The van der Waals surface area contributed by atoms with Crippen LogP contribution in [0.5, 0.6) is 17.2 Å². The lowest BCUT2D eigenvalue weighted by molar-refractivity contribution is -0.130. The van der Waals surface area contributed by atoms with Gasteiger partial charge >= 0.3 is 0 Å². The molecule has 0 N–H and O–H groups in total. The van der Waals surface area contributed by atoms with Crippen LogP contribution >= 0.6 is 11.8 Å². The Labute approximate surface area is 150 Å². The van der Waals surface area contributed by atoms with E-state index in [1.807, 2.05) is 47.4 Å². The number of amides is 1. The first-order valence-electron chi connectivity index (χ1n) is 8.18. The minimum Gasteiger partial charge on any atom is -0.497 e. The molecule has 5 nitrogen and oxygen atoms in total. The largest absolute Gasteiger partial charge is 0.497 e. The molecule has 0 saturated carbocycles. The first kappa shape index (κ1) is 16.1. The zero-order chi connectivity index (χ0) is 17.2. The molecule has 4 rings (SSSR count). The van der Waals surface area contributed by atoms with E-state index in [1.54, 1.807) is 18.9 Å². The Morgan fingerprint density at radius 1 is 1.20 bits per heavy atom. The van der Waals surface area contributed by atoms with Crippen molar-refractivity contribution in [2.45, 2.75) is 11.8 Å². The molecule has 0 bridgehead atoms. The van der Waals surface area contributed by atoms with Gasteiger partial charge < -0.3 is 19.1 Å². The average Bonchev–Trinajstić information content (AvgIpc) is 3.30. The number of rotatable bonds is 4. The van der Waals surface area contributed by atoms with E-state index in [2.05, 4.69) is 0 Å². The highest BCUT2D eigenvalue weighted by Gasteiger charge is 2.31. The molecule has 2 aromatic carbocycles. The zero-order valence-corrected chi connectivity index (χ0v) is 14.8. The summed E-state index contributed by atoms with van der Waals surface area (Å²) in [6.45, 7) is 1.02. The van der Waals surface area contributed by atoms with Crippen LogP contribution in [0.4, 0.5) is 0 Å². The van der Waals surface area contributed by atoms with Gasteiger partial charge in [-0.3, -0.25) is 4.79 Å². The Kier molecular flexibility index (Phi) is 4.44. The Morgan fingerprint density at radius 3 is 2.80 bits per heavy atom. The molecule has 1 unspecified atom stereocenters. The number of fused-ring (bicyclic) bond motifs is 1. The van der Waals surface area contributed by atoms with Gasteiger partial charge in [0.05, 0.1) is 13.5 Å². The summed E-state index contributed by atoms with van der Waals surface area (Å²) in [6, 6.07) is 13.6. The van der Waals surface area contributed by atoms with Gasteiger partial charge in [-0.15, -0.1) is 11.8 Å². The molecule has 0 radical (unpaired) electrons. The Bertz CT molecular complexity index is 777. The summed E-state index contributed by atoms with van der Waals surface area (Å²) in [5.41, 5.74) is 2.07. The molecule has 0 aliphatic carbocycles. The third kappa shape index (κ3) is 3.26. The van der Waals surface area contributed by atoms with Gasteiger partial charge in [0.25, 0.3) is 0 Å². The van der Waals surface area contributed by atoms with E-state index in [-0.39, 0.29) is 18.1 Å². The van der Waals surface area contributed by atoms with Gasteiger partial charge in [0.2, 0.25) is 12.7 Å². The van der Waals surface area contributed by atoms with Gasteiger partial charge in [0, 0.05) is 12.3 Å². The van der Waals surface area contributed by atoms with Gasteiger partial charge in [0.1, 0.15) is 11.1 Å². The van der Waals surface area contributed by atoms with E-state index in [0.717, 1.165) is 40.7 Å². The zero-order valence-electron chi connectivity index (χ0n) is 13.9. The molecule has 0 aromatic heterocycles. The molecular formula is C19H19NO4S. The van der Waals surface area contributed by atoms with E-state index in [4.69, 9.17) is 14.2 Å². The van der Waals surface area contributed by atoms with Crippen molar-refractivity contribution in [3.8, 4) is 17.2 Å². The quantitative estimate of drug-likeness (QED) is 0.841. The number of carbonyl (C=O) groups is 1. The molecule has 130 valence electrons. The average molecular weight is 357 g/mol. The molecule has 6 heteroatoms. The predicted octanol–water partition coefficient (Wildman–Crippen LogP) is 3.24. The van der Waals surface area contributed by atoms with Gasteiger partial charge in [0.15, 0.2) is 11.5 Å². The Hall–Kier alpha value is -2.34. The monoisotopic (exact) mass is 357 g/mol. The van der Waals surface area contributed by atoms with Gasteiger partial charge in [-0.05, 0) is 35.4 Å². The molecule has 25 heavy (non-hydrogen) atoms. The molecule has 2 aliphatic heterocycles. The van der Waals surface area contributed by atoms with Crippen LogP contribution in [-0.4, -0.2) is 37.0 Å². The molecule has 2 aliphatic rings. The Balaban J connectivity index is 1.49. The number of nitrogens with zero attached hydrogens (tertiary/aromatic N) is 1. The van der Waals surface area contributed by atoms with Crippen LogP contribution in [0.1, 0.15) is 16.5 Å². The van der Waals surface area contributed by atoms with E-state index in [1.165, 1.54) is 0 Å². The number of ether oxygens (including phenoxy) is 3. The number of hydrogen-bond donors (Lipinski definition) is 0. The molecular weight excluding hydrogens is 338 g/mol. The summed E-state index contributed by atoms with van der Waals surface area (Å²) < 4.78 is 16.0. The van der Waals surface area contributed by atoms with E-state index >= 15 is 0 Å². The molecule has 1 atom stereocenters. The smallest absolute Gasteiger partial charge is 0.231 e. The normalized spacial score (nSPS) is 18.4. The van der Waals surface area contributed by atoms with Gasteiger partial charge in [-0.25, -0.2) is 0 Å². The summed E-state index contributed by atoms with van der Waals surface area (Å²) in [5, 5.41) is 0.0280. The van der Waals surface area contributed by atoms with Crippen molar-refractivity contribution in [3.05, 3.63) is 53.6 Å². The first-order chi connectivity index (χ1) is 12.2. The number of thioether (sulfide) groups is 1. The van der Waals surface area contributed by atoms with Crippen molar-refractivity contribution in [2.24, 2.45) is 0 Å². The second-order valence-corrected chi connectivity index (χ2v) is 7.14. The fourth-order valence-corrected chi connectivity index (χ4v) is 4.36. The third-order valence-corrected chi connectivity index (χ3v) is 5.67. The number of hydrogen-bond acceptors (Lipinski definition) is 5. The maximum atomic E-state index is 12.8. The van der Waals surface area contributed by atoms with Gasteiger partial charge in [-0.1, -0.05) is 18.2 Å². The fraction of sp³-hybridized carbons (Fsp3) is 0.316. The summed E-state index contributed by atoms with van der Waals surface area (Å²) >= 11 is 1.78. The molecule has 1 fully saturated rings. The van der Waals surface area contributed by atoms with Crippen molar-refractivity contribution in [1.82, 2.24) is 4.90 Å². The third-order valence-electron chi connectivity index (χ3n) is 4.41. The maximum absolute atomic E-state index is 12.8. The van der Waals surface area contributed by atoms with Crippen LogP contribution in [0.3, 0.4) is 0 Å². The van der Waals surface area contributed by atoms with Crippen LogP contribution < -0.4 is 14.2 Å². The maximum Gasteiger partial charge on any atom is 0.231 e. The van der Waals surface area contributed by atoms with Crippen LogP contribution in [0.2, 0.25) is 0 Å². The van der Waals surface area contributed by atoms with Crippen LogP contribution in [-0.2, 0) is 11.2 Å². The molecule has 1 amide bonds. The highest BCUT2D eigenvalue weighted by molar-refractivity contribution is 7.99. The van der Waals surface area contributed by atoms with Crippen molar-refractivity contribution in [3.63, 3.8) is 0 Å². The second-order valence-electron chi connectivity index (χ2n) is 5.95. The number of carbonyl (C=O) groups excluding carboxylic acids is 1. The van der Waals surface area contributed by atoms with Crippen molar-refractivity contribution < 1.29 is 19.0 Å². The Morgan fingerprint density at radius 2 is 2.00 bits per heavy atom. The molecule has 0 spiro atoms. The lowest BCUT2D eigenvalue weighted by Crippen LogP contribution is -2.31. The minimum atomic E-state index is 0.0280. The number of benzene rings is 2. The highest BCUT2D eigenvalue weighted by Crippen LogP contribution is 2.42. The topological polar surface area (TPSA) is 48.0 Å². The fourth-order valence-electron chi connectivity index (χ4n) is 3.09. The van der Waals surface area contributed by atoms with E-state index in [0.29, 0.717) is 6.42 Å². The summed E-state index contributed by atoms with van der Waals surface area (Å²) in [7, 11) is 1.64. The lowest BCUT2D eigenvalue weighted by atomic mass is 10.1. The predicted molar refractivity (Wildman–Crippen MR) is 96.2 cm³/mol. The first-order valence-corrected chi connectivity index (χ1v) is 9.23. The second kappa shape index (κ2) is 6.88. The van der Waals surface area contributed by atoms with Crippen LogP contribution in [0.25, 0.3) is 0 Å². The standard InChI is InChI=1S/C19H19NO4S/c1-22-15-5-2-13(3-6-15)10-18(21)20-8-9-25-19(20)14-4-7-16-17(11-14)24-12-23-16/h2-7,11,19H,8-10,12H2,1H3. The summed E-state index contributed by atoms with van der Waals surface area (Å²) in [4.78, 5) is 14.8. The SMILES string of the molecule is COc1ccc(CC(=O)N2CCSC2c2ccc3c(c2)OCO3)cc1.